The third-order valence-corrected chi connectivity index (χ3v) is 5.71. The van der Waals surface area contributed by atoms with E-state index in [9.17, 15) is 18.0 Å². The number of anilines is 1. The number of halogens is 3. The first-order chi connectivity index (χ1) is 15.9. The van der Waals surface area contributed by atoms with E-state index in [1.165, 1.54) is 4.90 Å². The van der Waals surface area contributed by atoms with E-state index >= 15 is 0 Å². The van der Waals surface area contributed by atoms with Gasteiger partial charge in [0, 0.05) is 5.69 Å². The molecule has 0 aromatic heterocycles. The monoisotopic (exact) mass is 471 g/mol. The fourth-order valence-corrected chi connectivity index (χ4v) is 4.13. The summed E-state index contributed by atoms with van der Waals surface area (Å²) in [7, 11) is 0. The first kappa shape index (κ1) is 22.7. The van der Waals surface area contributed by atoms with Crippen molar-refractivity contribution in [1.82, 2.24) is 4.90 Å². The lowest BCUT2D eigenvalue weighted by Gasteiger charge is -2.36. The number of alkyl halides is 3. The Morgan fingerprint density at radius 2 is 1.48 bits per heavy atom. The number of aliphatic imine (C=N–C) groups is 1. The highest BCUT2D eigenvalue weighted by molar-refractivity contribution is 8.14. The molecule has 1 aliphatic heterocycles. The summed E-state index contributed by atoms with van der Waals surface area (Å²) in [6.07, 6.45) is -4.55. The standard InChI is InChI=1S/C24H20F3N3O2S/c25-24(26,27)16-29-22(33-17-30(23(29)31)19-7-3-1-4-8-19)28-15-18-11-13-21(14-12-18)32-20-9-5-2-6-10-20/h1-14H,15-17H2. The van der Waals surface area contributed by atoms with E-state index in [0.29, 0.717) is 22.1 Å². The normalized spacial score (nSPS) is 15.7. The summed E-state index contributed by atoms with van der Waals surface area (Å²) in [5.41, 5.74) is 1.32. The molecule has 1 saturated heterocycles. The number of nitrogens with zero attached hydrogens (tertiary/aromatic N) is 3. The molecular weight excluding hydrogens is 451 g/mol. The number of benzene rings is 3. The number of amidine groups is 1. The van der Waals surface area contributed by atoms with Crippen molar-refractivity contribution in [3.8, 4) is 11.5 Å². The van der Waals surface area contributed by atoms with E-state index in [0.717, 1.165) is 17.3 Å². The van der Waals surface area contributed by atoms with Crippen molar-refractivity contribution in [2.45, 2.75) is 12.7 Å². The number of carbonyl (C=O) groups is 1. The average Bonchev–Trinajstić information content (AvgIpc) is 2.81. The van der Waals surface area contributed by atoms with E-state index in [1.54, 1.807) is 54.6 Å². The maximum atomic E-state index is 13.2. The Kier molecular flexibility index (Phi) is 6.88. The molecule has 1 heterocycles. The number of amides is 2. The second-order valence-corrected chi connectivity index (χ2v) is 8.09. The van der Waals surface area contributed by atoms with Crippen LogP contribution >= 0.6 is 11.8 Å². The van der Waals surface area contributed by atoms with Crippen LogP contribution in [0.1, 0.15) is 5.56 Å². The van der Waals surface area contributed by atoms with Gasteiger partial charge in [-0.2, -0.15) is 13.2 Å². The van der Waals surface area contributed by atoms with Crippen molar-refractivity contribution >= 4 is 28.6 Å². The summed E-state index contributed by atoms with van der Waals surface area (Å²) in [5.74, 6) is 1.52. The van der Waals surface area contributed by atoms with Crippen molar-refractivity contribution in [1.29, 1.82) is 0 Å². The lowest BCUT2D eigenvalue weighted by Crippen LogP contribution is -2.53. The number of ether oxygens (including phenoxy) is 1. The van der Waals surface area contributed by atoms with Gasteiger partial charge in [-0.15, -0.1) is 0 Å². The molecule has 0 aliphatic carbocycles. The molecule has 0 bridgehead atoms. The Balaban J connectivity index is 1.48. The van der Waals surface area contributed by atoms with Crippen molar-refractivity contribution in [2.75, 3.05) is 17.3 Å². The molecule has 1 fully saturated rings. The Bertz CT molecular complexity index is 1110. The molecule has 170 valence electrons. The van der Waals surface area contributed by atoms with Crippen molar-refractivity contribution in [3.05, 3.63) is 90.5 Å². The topological polar surface area (TPSA) is 45.1 Å². The summed E-state index contributed by atoms with van der Waals surface area (Å²) in [4.78, 5) is 19.2. The lowest BCUT2D eigenvalue weighted by atomic mass is 10.2. The van der Waals surface area contributed by atoms with Crippen LogP contribution in [0.25, 0.3) is 0 Å². The number of carbonyl (C=O) groups excluding carboxylic acids is 1. The lowest BCUT2D eigenvalue weighted by molar-refractivity contribution is -0.133. The molecule has 4 rings (SSSR count). The van der Waals surface area contributed by atoms with Gasteiger partial charge in [-0.3, -0.25) is 14.8 Å². The molecule has 0 spiro atoms. The van der Waals surface area contributed by atoms with Gasteiger partial charge in [-0.25, -0.2) is 4.79 Å². The summed E-state index contributed by atoms with van der Waals surface area (Å²) in [5, 5.41) is 0.0501. The molecule has 5 nitrogen and oxygen atoms in total. The predicted molar refractivity (Wildman–Crippen MR) is 124 cm³/mol. The van der Waals surface area contributed by atoms with E-state index in [1.807, 2.05) is 30.3 Å². The molecule has 0 N–H and O–H groups in total. The minimum Gasteiger partial charge on any atom is -0.457 e. The Morgan fingerprint density at radius 3 is 2.12 bits per heavy atom. The van der Waals surface area contributed by atoms with Crippen LogP contribution < -0.4 is 9.64 Å². The minimum absolute atomic E-state index is 0.0501. The summed E-state index contributed by atoms with van der Waals surface area (Å²) >= 11 is 1.10. The second kappa shape index (κ2) is 9.99. The van der Waals surface area contributed by atoms with Gasteiger partial charge in [0.2, 0.25) is 0 Å². The second-order valence-electron chi connectivity index (χ2n) is 7.18. The summed E-state index contributed by atoms with van der Waals surface area (Å²) < 4.78 is 45.4. The maximum absolute atomic E-state index is 13.2. The van der Waals surface area contributed by atoms with E-state index < -0.39 is 18.8 Å². The molecule has 9 heteroatoms. The van der Waals surface area contributed by atoms with E-state index in [4.69, 9.17) is 4.74 Å². The van der Waals surface area contributed by atoms with E-state index in [-0.39, 0.29) is 17.6 Å². The van der Waals surface area contributed by atoms with Gasteiger partial charge in [0.15, 0.2) is 5.17 Å². The highest BCUT2D eigenvalue weighted by atomic mass is 32.2. The van der Waals surface area contributed by atoms with Crippen molar-refractivity contribution in [3.63, 3.8) is 0 Å². The molecule has 3 aromatic rings. The third kappa shape index (κ3) is 6.07. The van der Waals surface area contributed by atoms with Crippen molar-refractivity contribution in [2.24, 2.45) is 4.99 Å². The number of hydrogen-bond acceptors (Lipinski definition) is 4. The largest absolute Gasteiger partial charge is 0.457 e. The van der Waals surface area contributed by atoms with Crippen LogP contribution in [-0.2, 0) is 6.54 Å². The van der Waals surface area contributed by atoms with E-state index in [2.05, 4.69) is 4.99 Å². The Hall–Kier alpha value is -3.46. The predicted octanol–water partition coefficient (Wildman–Crippen LogP) is 6.53. The molecule has 0 saturated carbocycles. The molecule has 1 aliphatic rings. The van der Waals surface area contributed by atoms with Crippen LogP contribution in [0.4, 0.5) is 23.7 Å². The molecule has 0 atom stereocenters. The Morgan fingerprint density at radius 1 is 0.879 bits per heavy atom. The number of para-hydroxylation sites is 2. The third-order valence-electron chi connectivity index (χ3n) is 4.72. The zero-order valence-corrected chi connectivity index (χ0v) is 18.2. The van der Waals surface area contributed by atoms with Gasteiger partial charge in [-0.1, -0.05) is 60.3 Å². The van der Waals surface area contributed by atoms with Gasteiger partial charge in [0.1, 0.15) is 18.0 Å². The SMILES string of the molecule is O=C1N(CC(F)(F)F)C(=NCc2ccc(Oc3ccccc3)cc2)SCN1c1ccccc1. The fourth-order valence-electron chi connectivity index (χ4n) is 3.17. The highest BCUT2D eigenvalue weighted by Crippen LogP contribution is 2.29. The molecule has 0 radical (unpaired) electrons. The number of rotatable bonds is 6. The molecular formula is C24H20F3N3O2S. The van der Waals surface area contributed by atoms with Crippen LogP contribution in [0.3, 0.4) is 0 Å². The fraction of sp³-hybridized carbons (Fsp3) is 0.167. The average molecular weight is 472 g/mol. The first-order valence-electron chi connectivity index (χ1n) is 10.1. The quantitative estimate of drug-likeness (QED) is 0.411. The summed E-state index contributed by atoms with van der Waals surface area (Å²) in [6, 6.07) is 24.3. The van der Waals surface area contributed by atoms with Gasteiger partial charge >= 0.3 is 12.2 Å². The van der Waals surface area contributed by atoms with Crippen LogP contribution in [0.15, 0.2) is 89.9 Å². The van der Waals surface area contributed by atoms with Gasteiger partial charge in [-0.05, 0) is 42.0 Å². The van der Waals surface area contributed by atoms with Crippen LogP contribution in [0, 0.1) is 0 Å². The Labute approximate surface area is 193 Å². The molecule has 33 heavy (non-hydrogen) atoms. The molecule has 3 aromatic carbocycles. The number of urea groups is 1. The van der Waals surface area contributed by atoms with Gasteiger partial charge in [0.25, 0.3) is 0 Å². The molecule has 0 unspecified atom stereocenters. The summed E-state index contributed by atoms with van der Waals surface area (Å²) in [6.45, 7) is -1.26. The number of thioether (sulfide) groups is 1. The van der Waals surface area contributed by atoms with Gasteiger partial charge in [0.05, 0.1) is 12.4 Å². The highest BCUT2D eigenvalue weighted by Gasteiger charge is 2.40. The zero-order chi connectivity index (χ0) is 23.3. The molecule has 2 amide bonds. The zero-order valence-electron chi connectivity index (χ0n) is 17.4. The minimum atomic E-state index is -4.55. The van der Waals surface area contributed by atoms with Gasteiger partial charge < -0.3 is 4.74 Å². The van der Waals surface area contributed by atoms with Crippen LogP contribution in [0.2, 0.25) is 0 Å². The maximum Gasteiger partial charge on any atom is 0.406 e. The van der Waals surface area contributed by atoms with Crippen LogP contribution in [-0.4, -0.2) is 34.7 Å². The number of hydrogen-bond donors (Lipinski definition) is 0. The smallest absolute Gasteiger partial charge is 0.406 e. The van der Waals surface area contributed by atoms with Crippen molar-refractivity contribution < 1.29 is 22.7 Å². The first-order valence-corrected chi connectivity index (χ1v) is 11.1. The van der Waals surface area contributed by atoms with Crippen LogP contribution in [0.5, 0.6) is 11.5 Å².